The van der Waals surface area contributed by atoms with E-state index in [1.807, 2.05) is 36.4 Å². The minimum atomic E-state index is 0.689. The van der Waals surface area contributed by atoms with E-state index in [1.54, 1.807) is 14.2 Å². The van der Waals surface area contributed by atoms with Gasteiger partial charge in [-0.05, 0) is 41.8 Å². The highest BCUT2D eigenvalue weighted by atomic mass is 35.5. The predicted molar refractivity (Wildman–Crippen MR) is 97.1 cm³/mol. The van der Waals surface area contributed by atoms with Crippen LogP contribution in [0.3, 0.4) is 0 Å². The molecule has 0 saturated heterocycles. The molecule has 2 aromatic carbocycles. The summed E-state index contributed by atoms with van der Waals surface area (Å²) in [6.45, 7) is 0. The van der Waals surface area contributed by atoms with Crippen molar-refractivity contribution in [3.05, 3.63) is 47.5 Å². The largest absolute Gasteiger partial charge is 0.493 e. The van der Waals surface area contributed by atoms with Gasteiger partial charge in [-0.25, -0.2) is 0 Å². The molecule has 0 aromatic heterocycles. The number of H-pyrrole nitrogens is 2. The molecule has 4 rings (SSSR count). The Morgan fingerprint density at radius 2 is 1.75 bits per heavy atom. The first-order valence-corrected chi connectivity index (χ1v) is 7.85. The van der Waals surface area contributed by atoms with Crippen molar-refractivity contribution in [2.75, 3.05) is 19.5 Å². The van der Waals surface area contributed by atoms with Crippen molar-refractivity contribution in [1.82, 2.24) is 10.2 Å². The molecule has 0 atom stereocenters. The highest BCUT2D eigenvalue weighted by molar-refractivity contribution is 6.30. The van der Waals surface area contributed by atoms with Crippen molar-refractivity contribution < 1.29 is 9.47 Å². The van der Waals surface area contributed by atoms with Crippen LogP contribution in [0.2, 0.25) is 5.02 Å². The Hall–Kier alpha value is -2.79. The second kappa shape index (κ2) is 5.69. The van der Waals surface area contributed by atoms with Crippen LogP contribution in [-0.4, -0.2) is 24.4 Å². The Bertz CT molecular complexity index is 989. The van der Waals surface area contributed by atoms with Crippen LogP contribution in [0.15, 0.2) is 42.5 Å². The van der Waals surface area contributed by atoms with Gasteiger partial charge in [-0.2, -0.15) is 0 Å². The molecule has 2 aromatic rings. The molecule has 5 nitrogen and oxygen atoms in total. The van der Waals surface area contributed by atoms with E-state index in [4.69, 9.17) is 21.1 Å². The van der Waals surface area contributed by atoms with Crippen molar-refractivity contribution >= 4 is 33.9 Å². The lowest BCUT2D eigenvalue weighted by molar-refractivity contribution is 0.356. The Labute approximate surface area is 143 Å². The van der Waals surface area contributed by atoms with Gasteiger partial charge in [0.25, 0.3) is 0 Å². The third kappa shape index (κ3) is 2.34. The fourth-order valence-electron chi connectivity index (χ4n) is 2.94. The number of methoxy groups -OCH3 is 2. The molecular formula is C18H16ClN3O2. The summed E-state index contributed by atoms with van der Waals surface area (Å²) < 4.78 is 10.8. The molecule has 0 radical (unpaired) electrons. The quantitative estimate of drug-likeness (QED) is 0.488. The summed E-state index contributed by atoms with van der Waals surface area (Å²) in [7, 11) is 3.27. The number of ether oxygens (including phenoxy) is 2. The predicted octanol–water partition coefficient (Wildman–Crippen LogP) is 5.02. The van der Waals surface area contributed by atoms with Crippen LogP contribution in [0.4, 0.5) is 11.5 Å². The Morgan fingerprint density at radius 1 is 0.958 bits per heavy atom. The van der Waals surface area contributed by atoms with Crippen molar-refractivity contribution in [3.63, 3.8) is 0 Å². The van der Waals surface area contributed by atoms with Crippen LogP contribution in [0.5, 0.6) is 11.5 Å². The highest BCUT2D eigenvalue weighted by Crippen LogP contribution is 2.42. The van der Waals surface area contributed by atoms with Crippen LogP contribution < -0.4 is 14.8 Å². The second-order valence-electron chi connectivity index (χ2n) is 5.49. The van der Waals surface area contributed by atoms with Crippen molar-refractivity contribution in [1.29, 1.82) is 0 Å². The smallest absolute Gasteiger partial charge is 0.161 e. The number of benzene rings is 2. The number of halogens is 1. The molecular weight excluding hydrogens is 326 g/mol. The van der Waals surface area contributed by atoms with Gasteiger partial charge in [-0.1, -0.05) is 17.7 Å². The molecule has 1 heterocycles. The number of fused-ring (bicyclic) bond motifs is 3. The Kier molecular flexibility index (Phi) is 3.50. The molecule has 0 unspecified atom stereocenters. The first-order chi connectivity index (χ1) is 11.7. The van der Waals surface area contributed by atoms with Gasteiger partial charge in [0.2, 0.25) is 0 Å². The van der Waals surface area contributed by atoms with E-state index in [-0.39, 0.29) is 0 Å². The lowest BCUT2D eigenvalue weighted by Crippen LogP contribution is -1.90. The molecule has 0 amide bonds. The average Bonchev–Trinajstić information content (AvgIpc) is 3.13. The molecule has 2 aliphatic rings. The fraction of sp³-hybridized carbons (Fsp3) is 0.111. The number of rotatable bonds is 4. The SMILES string of the molecule is COc1cc2cc3c(Nc4cccc(Cl)c4)[nH][nH]c-3c2cc1OC. The zero-order valence-electron chi connectivity index (χ0n) is 13.2. The zero-order chi connectivity index (χ0) is 16.7. The fourth-order valence-corrected chi connectivity index (χ4v) is 3.13. The van der Waals surface area contributed by atoms with Gasteiger partial charge in [0.15, 0.2) is 11.5 Å². The van der Waals surface area contributed by atoms with Gasteiger partial charge in [0, 0.05) is 21.7 Å². The normalized spacial score (nSPS) is 11.1. The lowest BCUT2D eigenvalue weighted by atomic mass is 10.2. The summed E-state index contributed by atoms with van der Waals surface area (Å²) in [5.41, 5.74) is 2.98. The number of hydrogen-bond donors (Lipinski definition) is 3. The van der Waals surface area contributed by atoms with Gasteiger partial charge in [-0.15, -0.1) is 0 Å². The molecule has 3 N–H and O–H groups in total. The summed E-state index contributed by atoms with van der Waals surface area (Å²) in [5, 5.41) is 12.6. The first kappa shape index (κ1) is 14.8. The maximum absolute atomic E-state index is 6.05. The van der Waals surface area contributed by atoms with Crippen molar-refractivity contribution in [3.8, 4) is 22.8 Å². The van der Waals surface area contributed by atoms with Gasteiger partial charge in [-0.3, -0.25) is 10.2 Å². The van der Waals surface area contributed by atoms with Crippen LogP contribution in [0.1, 0.15) is 0 Å². The van der Waals surface area contributed by atoms with Crippen LogP contribution in [0.25, 0.3) is 22.0 Å². The summed E-state index contributed by atoms with van der Waals surface area (Å²) in [6, 6.07) is 13.7. The number of aromatic amines is 2. The van der Waals surface area contributed by atoms with Gasteiger partial charge in [0.05, 0.1) is 19.9 Å². The van der Waals surface area contributed by atoms with Crippen LogP contribution in [-0.2, 0) is 0 Å². The number of anilines is 2. The molecule has 6 heteroatoms. The molecule has 0 bridgehead atoms. The van der Waals surface area contributed by atoms with E-state index in [9.17, 15) is 0 Å². The van der Waals surface area contributed by atoms with Gasteiger partial charge in [0.1, 0.15) is 5.82 Å². The second-order valence-corrected chi connectivity index (χ2v) is 5.92. The average molecular weight is 342 g/mol. The Balaban J connectivity index is 1.79. The minimum Gasteiger partial charge on any atom is -0.493 e. The molecule has 1 aliphatic heterocycles. The summed E-state index contributed by atoms with van der Waals surface area (Å²) in [5.74, 6) is 2.30. The monoisotopic (exact) mass is 341 g/mol. The zero-order valence-corrected chi connectivity index (χ0v) is 14.0. The third-order valence-electron chi connectivity index (χ3n) is 4.07. The topological polar surface area (TPSA) is 62.1 Å². The number of aromatic nitrogens is 2. The highest BCUT2D eigenvalue weighted by Gasteiger charge is 2.19. The maximum Gasteiger partial charge on any atom is 0.161 e. The molecule has 0 spiro atoms. The molecule has 24 heavy (non-hydrogen) atoms. The van der Waals surface area contributed by atoms with Crippen molar-refractivity contribution in [2.45, 2.75) is 0 Å². The van der Waals surface area contributed by atoms with Gasteiger partial charge >= 0.3 is 0 Å². The van der Waals surface area contributed by atoms with E-state index in [0.717, 1.165) is 33.5 Å². The summed E-state index contributed by atoms with van der Waals surface area (Å²) in [4.78, 5) is 0. The van der Waals surface area contributed by atoms with E-state index in [2.05, 4.69) is 21.6 Å². The van der Waals surface area contributed by atoms with E-state index in [1.165, 1.54) is 0 Å². The van der Waals surface area contributed by atoms with Crippen molar-refractivity contribution in [2.24, 2.45) is 0 Å². The first-order valence-electron chi connectivity index (χ1n) is 7.47. The maximum atomic E-state index is 6.05. The molecule has 1 aliphatic carbocycles. The van der Waals surface area contributed by atoms with E-state index in [0.29, 0.717) is 16.5 Å². The third-order valence-corrected chi connectivity index (χ3v) is 4.31. The minimum absolute atomic E-state index is 0.689. The number of hydrogen-bond acceptors (Lipinski definition) is 3. The van der Waals surface area contributed by atoms with E-state index >= 15 is 0 Å². The number of nitrogens with one attached hydrogen (secondary N) is 3. The van der Waals surface area contributed by atoms with Crippen LogP contribution >= 0.6 is 11.6 Å². The summed E-state index contributed by atoms with van der Waals surface area (Å²) >= 11 is 6.05. The van der Waals surface area contributed by atoms with E-state index < -0.39 is 0 Å². The van der Waals surface area contributed by atoms with Crippen LogP contribution in [0, 0.1) is 0 Å². The lowest BCUT2D eigenvalue weighted by Gasteiger charge is -2.07. The molecule has 122 valence electrons. The Morgan fingerprint density at radius 3 is 2.50 bits per heavy atom. The van der Waals surface area contributed by atoms with Gasteiger partial charge < -0.3 is 14.8 Å². The molecule has 0 fully saturated rings. The standard InChI is InChI=1S/C18H16ClN3O2/c1-23-15-7-10-6-14-17(13(10)9-16(15)24-2)21-22-18(14)20-12-5-3-4-11(19)8-12/h3-9,20-22H,1-2H3. The summed E-state index contributed by atoms with van der Waals surface area (Å²) in [6.07, 6.45) is 0. The molecule has 0 saturated carbocycles.